The second-order valence-corrected chi connectivity index (χ2v) is 4.57. The van der Waals surface area contributed by atoms with Gasteiger partial charge >= 0.3 is 0 Å². The fraction of sp³-hybridized carbons (Fsp3) is 1.00. The van der Waals surface area contributed by atoms with Crippen molar-refractivity contribution in [2.24, 2.45) is 5.92 Å². The van der Waals surface area contributed by atoms with E-state index in [-0.39, 0.29) is 6.29 Å². The van der Waals surface area contributed by atoms with E-state index in [0.29, 0.717) is 5.92 Å². The van der Waals surface area contributed by atoms with E-state index in [0.717, 1.165) is 39.3 Å². The van der Waals surface area contributed by atoms with Gasteiger partial charge in [0, 0.05) is 46.6 Å². The van der Waals surface area contributed by atoms with Gasteiger partial charge in [0.15, 0.2) is 6.29 Å². The molecule has 0 saturated carbocycles. The molecule has 0 aliphatic carbocycles. The second-order valence-electron chi connectivity index (χ2n) is 4.57. The summed E-state index contributed by atoms with van der Waals surface area (Å²) in [7, 11) is 3.46. The summed E-state index contributed by atoms with van der Waals surface area (Å²) >= 11 is 0. The van der Waals surface area contributed by atoms with Gasteiger partial charge in [0.05, 0.1) is 0 Å². The molecule has 19 heavy (non-hydrogen) atoms. The summed E-state index contributed by atoms with van der Waals surface area (Å²) in [6, 6.07) is 0. The maximum absolute atomic E-state index is 5.32. The first-order chi connectivity index (χ1) is 9.13. The fourth-order valence-corrected chi connectivity index (χ4v) is 1.43. The minimum Gasteiger partial charge on any atom is -0.385 e. The first kappa shape index (κ1) is 21.1. The average Bonchev–Trinajstić information content (AvgIpc) is 2.39. The highest BCUT2D eigenvalue weighted by molar-refractivity contribution is 4.48. The van der Waals surface area contributed by atoms with Gasteiger partial charge in [0.1, 0.15) is 0 Å². The van der Waals surface area contributed by atoms with Crippen molar-refractivity contribution < 1.29 is 18.9 Å². The Balaban J connectivity index is 0. The quantitative estimate of drug-likeness (QED) is 0.428. The van der Waals surface area contributed by atoms with Crippen LogP contribution in [-0.2, 0) is 18.9 Å². The van der Waals surface area contributed by atoms with Gasteiger partial charge in [-0.05, 0) is 33.1 Å². The maximum Gasteiger partial charge on any atom is 0.159 e. The number of rotatable bonds is 11. The number of unbranched alkanes of at least 4 members (excludes halogenated alkanes) is 2. The summed E-state index contributed by atoms with van der Waals surface area (Å²) in [5, 5.41) is 0. The summed E-state index contributed by atoms with van der Waals surface area (Å²) in [6.07, 6.45) is 3.50. The van der Waals surface area contributed by atoms with Gasteiger partial charge in [0.2, 0.25) is 0 Å². The third-order valence-electron chi connectivity index (χ3n) is 2.40. The molecule has 0 aromatic heterocycles. The molecule has 0 aliphatic rings. The molecule has 0 saturated heterocycles. The highest BCUT2D eigenvalue weighted by Gasteiger charge is 2.11. The minimum atomic E-state index is -0.0185. The molecule has 0 N–H and O–H groups in total. The number of hydrogen-bond donors (Lipinski definition) is 0. The summed E-state index contributed by atoms with van der Waals surface area (Å²) in [5.74, 6) is 0.444. The Bertz CT molecular complexity index is 139. The molecule has 4 heteroatoms. The molecule has 0 fully saturated rings. The average molecular weight is 278 g/mol. The summed E-state index contributed by atoms with van der Waals surface area (Å²) in [6.45, 7) is 11.4. The SMILES string of the molecule is CCOC(OCC)C(C)C.COCCCCCOC. The first-order valence-electron chi connectivity index (χ1n) is 7.34. The predicted octanol–water partition coefficient (Wildman–Crippen LogP) is 3.49. The van der Waals surface area contributed by atoms with Crippen molar-refractivity contribution in [2.75, 3.05) is 40.6 Å². The number of hydrogen-bond acceptors (Lipinski definition) is 4. The molecule has 0 unspecified atom stereocenters. The predicted molar refractivity (Wildman–Crippen MR) is 79.5 cm³/mol. The van der Waals surface area contributed by atoms with Gasteiger partial charge < -0.3 is 18.9 Å². The van der Waals surface area contributed by atoms with Crippen molar-refractivity contribution in [1.82, 2.24) is 0 Å². The van der Waals surface area contributed by atoms with Crippen LogP contribution in [0.3, 0.4) is 0 Å². The first-order valence-corrected chi connectivity index (χ1v) is 7.34. The normalized spacial score (nSPS) is 10.7. The molecule has 0 spiro atoms. The van der Waals surface area contributed by atoms with Crippen molar-refractivity contribution in [3.05, 3.63) is 0 Å². The molecule has 0 heterocycles. The summed E-state index contributed by atoms with van der Waals surface area (Å²) in [5.41, 5.74) is 0. The van der Waals surface area contributed by atoms with Crippen molar-refractivity contribution in [3.8, 4) is 0 Å². The second kappa shape index (κ2) is 17.8. The van der Waals surface area contributed by atoms with Gasteiger partial charge in [0.25, 0.3) is 0 Å². The van der Waals surface area contributed by atoms with E-state index in [4.69, 9.17) is 18.9 Å². The lowest BCUT2D eigenvalue weighted by molar-refractivity contribution is -0.159. The van der Waals surface area contributed by atoms with Crippen LogP contribution in [0.5, 0.6) is 0 Å². The van der Waals surface area contributed by atoms with E-state index < -0.39 is 0 Å². The summed E-state index contributed by atoms with van der Waals surface area (Å²) < 4.78 is 20.4. The Hall–Kier alpha value is -0.160. The Labute approximate surface area is 119 Å². The van der Waals surface area contributed by atoms with Gasteiger partial charge in [-0.1, -0.05) is 13.8 Å². The molecule has 0 aromatic carbocycles. The molecule has 0 rings (SSSR count). The zero-order chi connectivity index (χ0) is 14.9. The lowest BCUT2D eigenvalue weighted by Gasteiger charge is -2.19. The van der Waals surface area contributed by atoms with Crippen LogP contribution in [0.2, 0.25) is 0 Å². The van der Waals surface area contributed by atoms with Gasteiger partial charge in [-0.25, -0.2) is 0 Å². The van der Waals surface area contributed by atoms with Crippen LogP contribution in [0.4, 0.5) is 0 Å². The number of methoxy groups -OCH3 is 2. The smallest absolute Gasteiger partial charge is 0.159 e. The Kier molecular flexibility index (Phi) is 19.9. The van der Waals surface area contributed by atoms with E-state index in [1.807, 2.05) is 13.8 Å². The van der Waals surface area contributed by atoms with Crippen molar-refractivity contribution in [3.63, 3.8) is 0 Å². The van der Waals surface area contributed by atoms with E-state index >= 15 is 0 Å². The molecule has 0 atom stereocenters. The molecule has 0 radical (unpaired) electrons. The molecular weight excluding hydrogens is 244 g/mol. The largest absolute Gasteiger partial charge is 0.385 e. The summed E-state index contributed by atoms with van der Waals surface area (Å²) in [4.78, 5) is 0. The third kappa shape index (κ3) is 17.8. The van der Waals surface area contributed by atoms with E-state index in [2.05, 4.69) is 13.8 Å². The van der Waals surface area contributed by atoms with Crippen LogP contribution in [0.25, 0.3) is 0 Å². The maximum atomic E-state index is 5.32. The van der Waals surface area contributed by atoms with Crippen LogP contribution < -0.4 is 0 Å². The van der Waals surface area contributed by atoms with Crippen molar-refractivity contribution >= 4 is 0 Å². The Morgan fingerprint density at radius 3 is 1.42 bits per heavy atom. The topological polar surface area (TPSA) is 36.9 Å². The molecule has 0 bridgehead atoms. The van der Waals surface area contributed by atoms with E-state index in [9.17, 15) is 0 Å². The van der Waals surface area contributed by atoms with E-state index in [1.54, 1.807) is 14.2 Å². The third-order valence-corrected chi connectivity index (χ3v) is 2.40. The van der Waals surface area contributed by atoms with Gasteiger partial charge in [-0.2, -0.15) is 0 Å². The van der Waals surface area contributed by atoms with Crippen LogP contribution in [0, 0.1) is 5.92 Å². The lowest BCUT2D eigenvalue weighted by Crippen LogP contribution is -2.23. The van der Waals surface area contributed by atoms with Gasteiger partial charge in [-0.3, -0.25) is 0 Å². The molecule has 0 amide bonds. The Morgan fingerprint density at radius 1 is 0.737 bits per heavy atom. The zero-order valence-electron chi connectivity index (χ0n) is 13.7. The zero-order valence-corrected chi connectivity index (χ0v) is 13.7. The van der Waals surface area contributed by atoms with Crippen molar-refractivity contribution in [1.29, 1.82) is 0 Å². The van der Waals surface area contributed by atoms with Crippen LogP contribution in [0.15, 0.2) is 0 Å². The van der Waals surface area contributed by atoms with Crippen LogP contribution >= 0.6 is 0 Å². The number of ether oxygens (including phenoxy) is 4. The molecule has 4 nitrogen and oxygen atoms in total. The van der Waals surface area contributed by atoms with Crippen LogP contribution in [-0.4, -0.2) is 46.9 Å². The molecular formula is C15H34O4. The fourth-order valence-electron chi connectivity index (χ4n) is 1.43. The molecule has 0 aliphatic heterocycles. The minimum absolute atomic E-state index is 0.0185. The molecule has 0 aromatic rings. The lowest BCUT2D eigenvalue weighted by atomic mass is 10.2. The Morgan fingerprint density at radius 2 is 1.16 bits per heavy atom. The van der Waals surface area contributed by atoms with Crippen molar-refractivity contribution in [2.45, 2.75) is 53.2 Å². The van der Waals surface area contributed by atoms with Crippen LogP contribution in [0.1, 0.15) is 47.0 Å². The highest BCUT2D eigenvalue weighted by Crippen LogP contribution is 2.07. The molecule has 118 valence electrons. The van der Waals surface area contributed by atoms with E-state index in [1.165, 1.54) is 6.42 Å². The van der Waals surface area contributed by atoms with Gasteiger partial charge in [-0.15, -0.1) is 0 Å². The highest BCUT2D eigenvalue weighted by atomic mass is 16.7. The standard InChI is InChI=1S/C8H18O2.C7H16O2/c1-5-9-8(7(3)4)10-6-2;1-8-6-4-3-5-7-9-2/h7-8H,5-6H2,1-4H3;3-7H2,1-2H3. The monoisotopic (exact) mass is 278 g/mol.